The second kappa shape index (κ2) is 7.36. The fraction of sp³-hybridized carbons (Fsp3) is 0.529. The minimum atomic E-state index is 0.109. The summed E-state index contributed by atoms with van der Waals surface area (Å²) in [7, 11) is 0. The average molecular weight is 284 g/mol. The molecule has 1 atom stereocenters. The average Bonchev–Trinajstić information content (AvgIpc) is 3.01. The zero-order valence-electron chi connectivity index (χ0n) is 12.5. The molecular weight excluding hydrogens is 260 g/mol. The van der Waals surface area contributed by atoms with Crippen LogP contribution < -0.4 is 5.32 Å². The van der Waals surface area contributed by atoms with E-state index in [9.17, 15) is 0 Å². The largest absolute Gasteiger partial charge is 0.301 e. The van der Waals surface area contributed by atoms with Crippen molar-refractivity contribution in [3.05, 3.63) is 48.0 Å². The SMILES string of the molecule is c1ccc(C(NC2CCCCCCC2)c2ncn[nH]2)cc1. The summed E-state index contributed by atoms with van der Waals surface area (Å²) in [5.41, 5.74) is 1.25. The lowest BCUT2D eigenvalue weighted by molar-refractivity contribution is 0.366. The van der Waals surface area contributed by atoms with Crippen molar-refractivity contribution in [3.63, 3.8) is 0 Å². The topological polar surface area (TPSA) is 53.6 Å². The van der Waals surface area contributed by atoms with Gasteiger partial charge in [-0.3, -0.25) is 5.10 Å². The van der Waals surface area contributed by atoms with E-state index in [0.717, 1.165) is 5.82 Å². The Bertz CT molecular complexity index is 501. The molecule has 0 aliphatic heterocycles. The van der Waals surface area contributed by atoms with Crippen LogP contribution in [0.3, 0.4) is 0 Å². The Morgan fingerprint density at radius 3 is 2.38 bits per heavy atom. The van der Waals surface area contributed by atoms with Crippen molar-refractivity contribution >= 4 is 0 Å². The van der Waals surface area contributed by atoms with Crippen LogP contribution in [0.4, 0.5) is 0 Å². The summed E-state index contributed by atoms with van der Waals surface area (Å²) in [4.78, 5) is 4.37. The Labute approximate surface area is 126 Å². The van der Waals surface area contributed by atoms with Gasteiger partial charge in [0.05, 0.1) is 6.04 Å². The second-order valence-corrected chi connectivity index (χ2v) is 5.92. The highest BCUT2D eigenvalue weighted by atomic mass is 15.2. The van der Waals surface area contributed by atoms with Gasteiger partial charge in [0.1, 0.15) is 12.2 Å². The van der Waals surface area contributed by atoms with Gasteiger partial charge in [-0.2, -0.15) is 5.10 Å². The van der Waals surface area contributed by atoms with Gasteiger partial charge >= 0.3 is 0 Å². The van der Waals surface area contributed by atoms with Crippen LogP contribution >= 0.6 is 0 Å². The summed E-state index contributed by atoms with van der Waals surface area (Å²) in [6.07, 6.45) is 10.9. The molecule has 4 nitrogen and oxygen atoms in total. The number of benzene rings is 1. The third-order valence-corrected chi connectivity index (χ3v) is 4.35. The van der Waals surface area contributed by atoms with Crippen molar-refractivity contribution in [2.75, 3.05) is 0 Å². The standard InChI is InChI=1S/C17H24N4/c1-2-7-11-15(12-8-3-1)20-16(17-18-13-19-21-17)14-9-5-4-6-10-14/h4-6,9-10,13,15-16,20H,1-3,7-8,11-12H2,(H,18,19,21). The number of aromatic nitrogens is 3. The van der Waals surface area contributed by atoms with E-state index in [1.54, 1.807) is 6.33 Å². The third kappa shape index (κ3) is 3.91. The Morgan fingerprint density at radius 1 is 1.00 bits per heavy atom. The molecule has 2 aromatic rings. The first-order chi connectivity index (χ1) is 10.4. The van der Waals surface area contributed by atoms with Crippen LogP contribution in [0.25, 0.3) is 0 Å². The van der Waals surface area contributed by atoms with Crippen LogP contribution in [0.15, 0.2) is 36.7 Å². The van der Waals surface area contributed by atoms with Crippen LogP contribution in [-0.4, -0.2) is 21.2 Å². The molecule has 1 fully saturated rings. The first kappa shape index (κ1) is 14.3. The van der Waals surface area contributed by atoms with Gasteiger partial charge in [-0.25, -0.2) is 4.98 Å². The lowest BCUT2D eigenvalue weighted by Gasteiger charge is -2.26. The molecule has 1 heterocycles. The van der Waals surface area contributed by atoms with E-state index < -0.39 is 0 Å². The maximum absolute atomic E-state index is 4.37. The van der Waals surface area contributed by atoms with E-state index in [4.69, 9.17) is 0 Å². The highest BCUT2D eigenvalue weighted by Crippen LogP contribution is 2.23. The van der Waals surface area contributed by atoms with Crippen LogP contribution in [0.1, 0.15) is 62.4 Å². The molecule has 1 unspecified atom stereocenters. The highest BCUT2D eigenvalue weighted by Gasteiger charge is 2.21. The Hall–Kier alpha value is -1.68. The molecule has 4 heteroatoms. The lowest BCUT2D eigenvalue weighted by Crippen LogP contribution is -2.34. The Balaban J connectivity index is 1.76. The number of nitrogens with one attached hydrogen (secondary N) is 2. The molecule has 0 amide bonds. The van der Waals surface area contributed by atoms with Gasteiger partial charge in [0.2, 0.25) is 0 Å². The maximum atomic E-state index is 4.37. The predicted molar refractivity (Wildman–Crippen MR) is 83.9 cm³/mol. The summed E-state index contributed by atoms with van der Waals surface area (Å²) < 4.78 is 0. The van der Waals surface area contributed by atoms with E-state index in [0.29, 0.717) is 6.04 Å². The molecule has 0 spiro atoms. The van der Waals surface area contributed by atoms with Crippen molar-refractivity contribution in [1.82, 2.24) is 20.5 Å². The molecule has 0 saturated heterocycles. The summed E-state index contributed by atoms with van der Waals surface area (Å²) in [6.45, 7) is 0. The van der Waals surface area contributed by atoms with Crippen molar-refractivity contribution in [3.8, 4) is 0 Å². The lowest BCUT2D eigenvalue weighted by atomic mass is 9.95. The van der Waals surface area contributed by atoms with E-state index in [1.165, 1.54) is 50.5 Å². The zero-order chi connectivity index (χ0) is 14.3. The highest BCUT2D eigenvalue weighted by molar-refractivity contribution is 5.24. The normalized spacial score (nSPS) is 18.9. The van der Waals surface area contributed by atoms with Crippen molar-refractivity contribution in [2.24, 2.45) is 0 Å². The van der Waals surface area contributed by atoms with Gasteiger partial charge in [0.25, 0.3) is 0 Å². The molecule has 112 valence electrons. The summed E-state index contributed by atoms with van der Waals surface area (Å²) in [5.74, 6) is 0.906. The number of H-pyrrole nitrogens is 1. The number of hydrogen-bond acceptors (Lipinski definition) is 3. The van der Waals surface area contributed by atoms with Crippen molar-refractivity contribution in [2.45, 2.75) is 57.0 Å². The van der Waals surface area contributed by atoms with Gasteiger partial charge in [0, 0.05) is 6.04 Å². The molecule has 1 aromatic carbocycles. The smallest absolute Gasteiger partial charge is 0.145 e. The van der Waals surface area contributed by atoms with E-state index in [2.05, 4.69) is 50.8 Å². The molecule has 21 heavy (non-hydrogen) atoms. The summed E-state index contributed by atoms with van der Waals surface area (Å²) >= 11 is 0. The molecule has 1 aliphatic carbocycles. The van der Waals surface area contributed by atoms with Crippen LogP contribution in [0, 0.1) is 0 Å². The van der Waals surface area contributed by atoms with Gasteiger partial charge in [-0.05, 0) is 18.4 Å². The number of aromatic amines is 1. The molecular formula is C17H24N4. The van der Waals surface area contributed by atoms with E-state index >= 15 is 0 Å². The Morgan fingerprint density at radius 2 is 1.71 bits per heavy atom. The monoisotopic (exact) mass is 284 g/mol. The summed E-state index contributed by atoms with van der Waals surface area (Å²) in [5, 5.41) is 10.9. The fourth-order valence-electron chi connectivity index (χ4n) is 3.19. The molecule has 1 saturated carbocycles. The number of hydrogen-bond donors (Lipinski definition) is 2. The fourth-order valence-corrected chi connectivity index (χ4v) is 3.19. The number of rotatable bonds is 4. The third-order valence-electron chi connectivity index (χ3n) is 4.35. The van der Waals surface area contributed by atoms with E-state index in [-0.39, 0.29) is 6.04 Å². The predicted octanol–water partition coefficient (Wildman–Crippen LogP) is 3.60. The van der Waals surface area contributed by atoms with Crippen LogP contribution in [0.2, 0.25) is 0 Å². The minimum Gasteiger partial charge on any atom is -0.301 e. The van der Waals surface area contributed by atoms with Gasteiger partial charge in [-0.15, -0.1) is 0 Å². The summed E-state index contributed by atoms with van der Waals surface area (Å²) in [6, 6.07) is 11.2. The van der Waals surface area contributed by atoms with Gasteiger partial charge in [-0.1, -0.05) is 62.4 Å². The second-order valence-electron chi connectivity index (χ2n) is 5.92. The zero-order valence-corrected chi connectivity index (χ0v) is 12.5. The van der Waals surface area contributed by atoms with E-state index in [1.807, 2.05) is 0 Å². The molecule has 0 bridgehead atoms. The molecule has 0 radical (unpaired) electrons. The quantitative estimate of drug-likeness (QED) is 0.902. The first-order valence-electron chi connectivity index (χ1n) is 8.10. The molecule has 2 N–H and O–H groups in total. The van der Waals surface area contributed by atoms with Gasteiger partial charge in [0.15, 0.2) is 0 Å². The Kier molecular flexibility index (Phi) is 5.00. The molecule has 1 aliphatic rings. The first-order valence-corrected chi connectivity index (χ1v) is 8.10. The molecule has 1 aromatic heterocycles. The van der Waals surface area contributed by atoms with Crippen LogP contribution in [0.5, 0.6) is 0 Å². The molecule has 3 rings (SSSR count). The maximum Gasteiger partial charge on any atom is 0.145 e. The van der Waals surface area contributed by atoms with Crippen molar-refractivity contribution in [1.29, 1.82) is 0 Å². The minimum absolute atomic E-state index is 0.109. The van der Waals surface area contributed by atoms with Crippen LogP contribution in [-0.2, 0) is 0 Å². The van der Waals surface area contributed by atoms with Crippen molar-refractivity contribution < 1.29 is 0 Å². The van der Waals surface area contributed by atoms with Gasteiger partial charge < -0.3 is 5.32 Å². The number of nitrogens with zero attached hydrogens (tertiary/aromatic N) is 2.